The molecule has 2 heterocycles. The van der Waals surface area contributed by atoms with Crippen molar-refractivity contribution in [1.29, 1.82) is 0 Å². The summed E-state index contributed by atoms with van der Waals surface area (Å²) < 4.78 is 22.8. The lowest BCUT2D eigenvalue weighted by molar-refractivity contribution is -0.138. The number of hydrogen-bond donors (Lipinski definition) is 0. The fourth-order valence-electron chi connectivity index (χ4n) is 4.47. The minimum absolute atomic E-state index is 0.0329. The summed E-state index contributed by atoms with van der Waals surface area (Å²) in [5.74, 6) is 1.00. The van der Waals surface area contributed by atoms with E-state index in [1.165, 1.54) is 5.56 Å². The Balaban J connectivity index is 1.77. The summed E-state index contributed by atoms with van der Waals surface area (Å²) in [5, 5.41) is 0. The highest BCUT2D eigenvalue weighted by atomic mass is 16.7. The van der Waals surface area contributed by atoms with Crippen molar-refractivity contribution in [3.05, 3.63) is 35.9 Å². The highest BCUT2D eigenvalue weighted by molar-refractivity contribution is 5.49. The quantitative estimate of drug-likeness (QED) is 0.795. The Morgan fingerprint density at radius 2 is 1.83 bits per heavy atom. The van der Waals surface area contributed by atoms with Gasteiger partial charge in [-0.1, -0.05) is 12.1 Å². The summed E-state index contributed by atoms with van der Waals surface area (Å²) in [6.45, 7) is 2.40. The Hall–Kier alpha value is -1.56. The normalized spacial score (nSPS) is 31.4. The number of likely N-dealkylation sites (N-methyl/N-ethyl adjacent to an activating group) is 1. The maximum atomic E-state index is 5.92. The third kappa shape index (κ3) is 2.26. The third-order valence-corrected chi connectivity index (χ3v) is 5.81. The molecule has 0 radical (unpaired) electrons. The van der Waals surface area contributed by atoms with Crippen LogP contribution < -0.4 is 9.47 Å². The second-order valence-electron chi connectivity index (χ2n) is 6.90. The molecule has 0 bridgehead atoms. The van der Waals surface area contributed by atoms with E-state index in [2.05, 4.69) is 36.2 Å². The largest absolute Gasteiger partial charge is 0.493 e. The van der Waals surface area contributed by atoms with Gasteiger partial charge in [0, 0.05) is 17.9 Å². The number of hydrogen-bond acceptors (Lipinski definition) is 5. The van der Waals surface area contributed by atoms with Gasteiger partial charge in [0.2, 0.25) is 0 Å². The van der Waals surface area contributed by atoms with Crippen molar-refractivity contribution in [2.24, 2.45) is 0 Å². The van der Waals surface area contributed by atoms with E-state index in [1.807, 2.05) is 6.07 Å². The van der Waals surface area contributed by atoms with Crippen molar-refractivity contribution in [2.45, 2.75) is 30.1 Å². The molecule has 0 amide bonds. The molecule has 4 rings (SSSR count). The molecule has 1 spiro atoms. The molecular weight excluding hydrogens is 306 g/mol. The Morgan fingerprint density at radius 3 is 2.54 bits per heavy atom. The maximum absolute atomic E-state index is 5.92. The molecule has 2 atom stereocenters. The van der Waals surface area contributed by atoms with Crippen LogP contribution in [0.4, 0.5) is 0 Å². The number of ether oxygens (including phenoxy) is 4. The zero-order valence-electron chi connectivity index (χ0n) is 14.6. The Labute approximate surface area is 143 Å². The summed E-state index contributed by atoms with van der Waals surface area (Å²) in [4.78, 5) is 2.42. The van der Waals surface area contributed by atoms with Gasteiger partial charge in [0.1, 0.15) is 0 Å². The molecule has 24 heavy (non-hydrogen) atoms. The molecule has 0 saturated carbocycles. The topological polar surface area (TPSA) is 40.2 Å². The van der Waals surface area contributed by atoms with Crippen LogP contribution in [0, 0.1) is 0 Å². The molecule has 3 aliphatic rings. The lowest BCUT2D eigenvalue weighted by atomic mass is 9.68. The van der Waals surface area contributed by atoms with E-state index >= 15 is 0 Å². The van der Waals surface area contributed by atoms with Gasteiger partial charge in [-0.2, -0.15) is 0 Å². The van der Waals surface area contributed by atoms with Gasteiger partial charge in [0.25, 0.3) is 0 Å². The van der Waals surface area contributed by atoms with Gasteiger partial charge < -0.3 is 23.8 Å². The summed E-state index contributed by atoms with van der Waals surface area (Å²) in [5.41, 5.74) is 1.23. The van der Waals surface area contributed by atoms with Crippen LogP contribution in [0.25, 0.3) is 0 Å². The zero-order chi connectivity index (χ0) is 16.8. The van der Waals surface area contributed by atoms with Crippen molar-refractivity contribution < 1.29 is 18.9 Å². The number of likely N-dealkylation sites (tertiary alicyclic amines) is 1. The lowest BCUT2D eigenvalue weighted by Gasteiger charge is -2.43. The van der Waals surface area contributed by atoms with Crippen LogP contribution in [0.1, 0.15) is 18.4 Å². The summed E-state index contributed by atoms with van der Waals surface area (Å²) >= 11 is 0. The first kappa shape index (κ1) is 15.9. The van der Waals surface area contributed by atoms with E-state index in [4.69, 9.17) is 18.9 Å². The monoisotopic (exact) mass is 331 g/mol. The zero-order valence-corrected chi connectivity index (χ0v) is 14.6. The minimum atomic E-state index is -0.538. The fraction of sp³-hybridized carbons (Fsp3) is 0.579. The standard InChI is InChI=1S/C19H25NO4/c1-20-9-8-18(14-4-5-15(21-2)16(12-14)22-3)6-7-19(13-17(18)20)23-10-11-24-19/h4-7,12,17H,8-11,13H2,1-3H3/t17-,18?/m0/s1. The molecule has 1 aromatic rings. The van der Waals surface area contributed by atoms with Crippen molar-refractivity contribution in [3.8, 4) is 11.5 Å². The summed E-state index contributed by atoms with van der Waals surface area (Å²) in [7, 11) is 5.54. The molecule has 2 fully saturated rings. The number of benzene rings is 1. The first-order chi connectivity index (χ1) is 11.6. The molecule has 0 aromatic heterocycles. The van der Waals surface area contributed by atoms with Crippen molar-refractivity contribution >= 4 is 0 Å². The van der Waals surface area contributed by atoms with Gasteiger partial charge in [-0.15, -0.1) is 0 Å². The Kier molecular flexibility index (Phi) is 3.82. The van der Waals surface area contributed by atoms with E-state index in [-0.39, 0.29) is 5.41 Å². The first-order valence-electron chi connectivity index (χ1n) is 8.53. The molecule has 1 aromatic carbocycles. The van der Waals surface area contributed by atoms with E-state index in [1.54, 1.807) is 14.2 Å². The molecule has 2 aliphatic heterocycles. The SMILES string of the molecule is COc1ccc(C23C=CC4(C[C@@H]2N(C)CC3)OCCO4)cc1OC. The fourth-order valence-corrected chi connectivity index (χ4v) is 4.47. The van der Waals surface area contributed by atoms with Gasteiger partial charge >= 0.3 is 0 Å². The third-order valence-electron chi connectivity index (χ3n) is 5.81. The van der Waals surface area contributed by atoms with Gasteiger partial charge in [-0.25, -0.2) is 0 Å². The predicted octanol–water partition coefficient (Wildman–Crippen LogP) is 2.35. The van der Waals surface area contributed by atoms with Crippen molar-refractivity contribution in [2.75, 3.05) is 41.0 Å². The van der Waals surface area contributed by atoms with Crippen LogP contribution in [0.2, 0.25) is 0 Å². The van der Waals surface area contributed by atoms with Gasteiger partial charge in [-0.3, -0.25) is 0 Å². The van der Waals surface area contributed by atoms with Crippen LogP contribution in [-0.2, 0) is 14.9 Å². The van der Waals surface area contributed by atoms with Crippen LogP contribution in [-0.4, -0.2) is 57.8 Å². The maximum Gasteiger partial charge on any atom is 0.189 e. The number of rotatable bonds is 3. The predicted molar refractivity (Wildman–Crippen MR) is 90.7 cm³/mol. The summed E-state index contributed by atoms with van der Waals surface area (Å²) in [6, 6.07) is 6.62. The van der Waals surface area contributed by atoms with Crippen LogP contribution in [0.5, 0.6) is 11.5 Å². The molecule has 2 saturated heterocycles. The molecule has 5 heteroatoms. The lowest BCUT2D eigenvalue weighted by Crippen LogP contribution is -2.49. The van der Waals surface area contributed by atoms with Crippen LogP contribution in [0.15, 0.2) is 30.4 Å². The minimum Gasteiger partial charge on any atom is -0.493 e. The average molecular weight is 331 g/mol. The van der Waals surface area contributed by atoms with Gasteiger partial charge in [0.05, 0.1) is 27.4 Å². The van der Waals surface area contributed by atoms with Gasteiger partial charge in [-0.05, 0) is 43.8 Å². The molecule has 5 nitrogen and oxygen atoms in total. The molecular formula is C19H25NO4. The molecule has 1 unspecified atom stereocenters. The van der Waals surface area contributed by atoms with E-state index in [9.17, 15) is 0 Å². The molecule has 130 valence electrons. The first-order valence-corrected chi connectivity index (χ1v) is 8.53. The van der Waals surface area contributed by atoms with E-state index < -0.39 is 5.79 Å². The smallest absolute Gasteiger partial charge is 0.189 e. The second-order valence-corrected chi connectivity index (χ2v) is 6.90. The van der Waals surface area contributed by atoms with Crippen LogP contribution in [0.3, 0.4) is 0 Å². The van der Waals surface area contributed by atoms with Crippen molar-refractivity contribution in [1.82, 2.24) is 4.90 Å². The molecule has 1 aliphatic carbocycles. The summed E-state index contributed by atoms with van der Waals surface area (Å²) in [6.07, 6.45) is 6.37. The van der Waals surface area contributed by atoms with Gasteiger partial charge in [0.15, 0.2) is 17.3 Å². The van der Waals surface area contributed by atoms with E-state index in [0.717, 1.165) is 30.9 Å². The number of nitrogens with zero attached hydrogens (tertiary/aromatic N) is 1. The average Bonchev–Trinajstić information content (AvgIpc) is 3.21. The van der Waals surface area contributed by atoms with E-state index in [0.29, 0.717) is 19.3 Å². The van der Waals surface area contributed by atoms with Crippen LogP contribution >= 0.6 is 0 Å². The Bertz CT molecular complexity index is 653. The number of fused-ring (bicyclic) bond motifs is 1. The molecule has 0 N–H and O–H groups in total. The highest BCUT2D eigenvalue weighted by Crippen LogP contribution is 2.50. The number of methoxy groups -OCH3 is 2. The highest BCUT2D eigenvalue weighted by Gasteiger charge is 2.53. The van der Waals surface area contributed by atoms with Crippen molar-refractivity contribution in [3.63, 3.8) is 0 Å². The second kappa shape index (κ2) is 5.76. The Morgan fingerprint density at radius 1 is 1.08 bits per heavy atom.